The maximum absolute atomic E-state index is 11.8. The lowest BCUT2D eigenvalue weighted by Gasteiger charge is -2.13. The van der Waals surface area contributed by atoms with Crippen molar-refractivity contribution in [1.82, 2.24) is 0 Å². The average molecular weight is 355 g/mol. The van der Waals surface area contributed by atoms with E-state index in [4.69, 9.17) is 5.11 Å². The predicted octanol–water partition coefficient (Wildman–Crippen LogP) is 3.98. The molecule has 1 N–H and O–H groups in total. The molecule has 0 aliphatic heterocycles. The Morgan fingerprint density at radius 2 is 1.90 bits per heavy atom. The van der Waals surface area contributed by atoms with Crippen LogP contribution in [0.4, 0.5) is 13.2 Å². The van der Waals surface area contributed by atoms with Gasteiger partial charge in [-0.3, -0.25) is 4.79 Å². The molecule has 0 aromatic heterocycles. The van der Waals surface area contributed by atoms with Crippen LogP contribution in [0, 0.1) is 0 Å². The molecule has 1 unspecified atom stereocenters. The topological polar surface area (TPSA) is 46.5 Å². The molecule has 112 valence electrons. The second kappa shape index (κ2) is 7.64. The quantitative estimate of drug-likeness (QED) is 0.753. The third kappa shape index (κ3) is 6.38. The molecule has 0 bridgehead atoms. The molecular weight excluding hydrogens is 341 g/mol. The van der Waals surface area contributed by atoms with Crippen molar-refractivity contribution < 1.29 is 27.8 Å². The number of ether oxygens (including phenoxy) is 1. The number of carbonyl (C=O) groups is 1. The van der Waals surface area contributed by atoms with Crippen molar-refractivity contribution in [2.45, 2.75) is 24.9 Å². The Labute approximate surface area is 122 Å². The largest absolute Gasteiger partial charge is 0.481 e. The molecular formula is C13H14BrF3O3. The molecule has 7 heteroatoms. The molecule has 1 aromatic carbocycles. The fourth-order valence-electron chi connectivity index (χ4n) is 1.71. The molecule has 0 aliphatic rings. The van der Waals surface area contributed by atoms with Gasteiger partial charge in [-0.15, -0.1) is 0 Å². The van der Waals surface area contributed by atoms with E-state index in [1.807, 2.05) is 0 Å². The lowest BCUT2D eigenvalue weighted by Crippen LogP contribution is -2.18. The summed E-state index contributed by atoms with van der Waals surface area (Å²) in [4.78, 5) is 11.2. The van der Waals surface area contributed by atoms with Crippen LogP contribution >= 0.6 is 15.9 Å². The minimum Gasteiger partial charge on any atom is -0.481 e. The van der Waals surface area contributed by atoms with Gasteiger partial charge >= 0.3 is 12.1 Å². The van der Waals surface area contributed by atoms with E-state index >= 15 is 0 Å². The van der Waals surface area contributed by atoms with Crippen molar-refractivity contribution >= 4 is 21.9 Å². The van der Waals surface area contributed by atoms with Crippen LogP contribution in [0.2, 0.25) is 0 Å². The molecule has 0 amide bonds. The van der Waals surface area contributed by atoms with E-state index < -0.39 is 24.7 Å². The SMILES string of the molecule is O=C(O)C(CCCOCC(F)(F)F)c1ccc(Br)cc1. The van der Waals surface area contributed by atoms with Gasteiger partial charge in [0.05, 0.1) is 5.92 Å². The van der Waals surface area contributed by atoms with E-state index in [-0.39, 0.29) is 19.4 Å². The Hall–Kier alpha value is -1.08. The maximum atomic E-state index is 11.8. The summed E-state index contributed by atoms with van der Waals surface area (Å²) in [6.07, 6.45) is -3.87. The van der Waals surface area contributed by atoms with Crippen molar-refractivity contribution in [3.8, 4) is 0 Å². The van der Waals surface area contributed by atoms with Crippen molar-refractivity contribution in [3.63, 3.8) is 0 Å². The van der Waals surface area contributed by atoms with Gasteiger partial charge in [0.25, 0.3) is 0 Å². The first-order chi connectivity index (χ1) is 9.29. The first-order valence-corrected chi connectivity index (χ1v) is 6.71. The molecule has 0 spiro atoms. The summed E-state index contributed by atoms with van der Waals surface area (Å²) in [5, 5.41) is 9.15. The van der Waals surface area contributed by atoms with Crippen molar-refractivity contribution in [1.29, 1.82) is 0 Å². The van der Waals surface area contributed by atoms with E-state index in [9.17, 15) is 18.0 Å². The first kappa shape index (κ1) is 17.0. The number of aliphatic carboxylic acids is 1. The monoisotopic (exact) mass is 354 g/mol. The molecule has 0 saturated carbocycles. The number of hydrogen-bond acceptors (Lipinski definition) is 2. The van der Waals surface area contributed by atoms with Gasteiger partial charge < -0.3 is 9.84 Å². The maximum Gasteiger partial charge on any atom is 0.411 e. The number of halogens is 4. The van der Waals surface area contributed by atoms with Gasteiger partial charge in [-0.25, -0.2) is 0 Å². The molecule has 0 aliphatic carbocycles. The second-order valence-corrected chi connectivity index (χ2v) is 5.17. The Kier molecular flexibility index (Phi) is 6.48. The van der Waals surface area contributed by atoms with E-state index in [0.717, 1.165) is 4.47 Å². The third-order valence-corrected chi connectivity index (χ3v) is 3.15. The summed E-state index contributed by atoms with van der Waals surface area (Å²) in [5.74, 6) is -1.74. The summed E-state index contributed by atoms with van der Waals surface area (Å²) < 4.78 is 40.8. The number of benzene rings is 1. The summed E-state index contributed by atoms with van der Waals surface area (Å²) in [5.41, 5.74) is 0.622. The van der Waals surface area contributed by atoms with Crippen LogP contribution in [0.15, 0.2) is 28.7 Å². The van der Waals surface area contributed by atoms with Crippen molar-refractivity contribution in [3.05, 3.63) is 34.3 Å². The summed E-state index contributed by atoms with van der Waals surface area (Å²) in [7, 11) is 0. The van der Waals surface area contributed by atoms with Gasteiger partial charge in [0.2, 0.25) is 0 Å². The van der Waals surface area contributed by atoms with Gasteiger partial charge in [0.1, 0.15) is 6.61 Å². The summed E-state index contributed by atoms with van der Waals surface area (Å²) in [6, 6.07) is 6.82. The van der Waals surface area contributed by atoms with Crippen LogP contribution < -0.4 is 0 Å². The summed E-state index contributed by atoms with van der Waals surface area (Å²) >= 11 is 3.25. The number of carboxylic acid groups (broad SMARTS) is 1. The average Bonchev–Trinajstić information content (AvgIpc) is 2.33. The zero-order valence-electron chi connectivity index (χ0n) is 10.5. The first-order valence-electron chi connectivity index (χ1n) is 5.92. The highest BCUT2D eigenvalue weighted by Crippen LogP contribution is 2.24. The van der Waals surface area contributed by atoms with Gasteiger partial charge in [0, 0.05) is 11.1 Å². The van der Waals surface area contributed by atoms with Crippen LogP contribution in [-0.2, 0) is 9.53 Å². The van der Waals surface area contributed by atoms with E-state index in [0.29, 0.717) is 5.56 Å². The molecule has 20 heavy (non-hydrogen) atoms. The highest BCUT2D eigenvalue weighted by molar-refractivity contribution is 9.10. The minimum atomic E-state index is -4.35. The molecule has 3 nitrogen and oxygen atoms in total. The highest BCUT2D eigenvalue weighted by atomic mass is 79.9. The molecule has 0 saturated heterocycles. The molecule has 1 aromatic rings. The molecule has 0 heterocycles. The van der Waals surface area contributed by atoms with Crippen LogP contribution in [0.1, 0.15) is 24.3 Å². The van der Waals surface area contributed by atoms with Crippen molar-refractivity contribution in [2.24, 2.45) is 0 Å². The Bertz CT molecular complexity index is 431. The van der Waals surface area contributed by atoms with Crippen LogP contribution in [-0.4, -0.2) is 30.5 Å². The molecule has 1 rings (SSSR count). The van der Waals surface area contributed by atoms with Gasteiger partial charge in [-0.2, -0.15) is 13.2 Å². The molecule has 0 fully saturated rings. The number of alkyl halides is 3. The standard InChI is InChI=1S/C13H14BrF3O3/c14-10-5-3-9(4-6-10)11(12(18)19)2-1-7-20-8-13(15,16)17/h3-6,11H,1-2,7-8H2,(H,18,19). The van der Waals surface area contributed by atoms with Crippen LogP contribution in [0.5, 0.6) is 0 Å². The Morgan fingerprint density at radius 1 is 1.30 bits per heavy atom. The van der Waals surface area contributed by atoms with Gasteiger partial charge in [0.15, 0.2) is 0 Å². The molecule has 0 radical (unpaired) electrons. The number of hydrogen-bond donors (Lipinski definition) is 1. The fourth-order valence-corrected chi connectivity index (χ4v) is 1.97. The lowest BCUT2D eigenvalue weighted by molar-refractivity contribution is -0.174. The highest BCUT2D eigenvalue weighted by Gasteiger charge is 2.27. The van der Waals surface area contributed by atoms with E-state index in [1.165, 1.54) is 0 Å². The number of rotatable bonds is 7. The summed E-state index contributed by atoms with van der Waals surface area (Å²) in [6.45, 7) is -1.41. The van der Waals surface area contributed by atoms with Crippen LogP contribution in [0.3, 0.4) is 0 Å². The second-order valence-electron chi connectivity index (χ2n) is 4.25. The Morgan fingerprint density at radius 3 is 2.40 bits per heavy atom. The molecule has 1 atom stereocenters. The Balaban J connectivity index is 2.45. The van der Waals surface area contributed by atoms with Crippen LogP contribution in [0.25, 0.3) is 0 Å². The minimum absolute atomic E-state index is 0.111. The van der Waals surface area contributed by atoms with Gasteiger partial charge in [-0.1, -0.05) is 28.1 Å². The third-order valence-electron chi connectivity index (χ3n) is 2.62. The smallest absolute Gasteiger partial charge is 0.411 e. The van der Waals surface area contributed by atoms with E-state index in [1.54, 1.807) is 24.3 Å². The zero-order chi connectivity index (χ0) is 15.2. The zero-order valence-corrected chi connectivity index (χ0v) is 12.1. The normalized spacial score (nSPS) is 13.2. The van der Waals surface area contributed by atoms with Gasteiger partial charge in [-0.05, 0) is 30.5 Å². The lowest BCUT2D eigenvalue weighted by atomic mass is 9.94. The fraction of sp³-hybridized carbons (Fsp3) is 0.462. The van der Waals surface area contributed by atoms with Crippen molar-refractivity contribution in [2.75, 3.05) is 13.2 Å². The predicted molar refractivity (Wildman–Crippen MR) is 70.6 cm³/mol. The number of carboxylic acids is 1. The van der Waals surface area contributed by atoms with E-state index in [2.05, 4.69) is 20.7 Å².